The number of morpholine rings is 1. The van der Waals surface area contributed by atoms with Crippen molar-refractivity contribution in [2.75, 3.05) is 13.1 Å². The molecule has 106 valence electrons. The van der Waals surface area contributed by atoms with Crippen molar-refractivity contribution in [1.82, 2.24) is 10.2 Å². The molecule has 2 saturated heterocycles. The number of aliphatic carboxylic acids is 1. The van der Waals surface area contributed by atoms with E-state index in [4.69, 9.17) is 9.84 Å². The van der Waals surface area contributed by atoms with E-state index in [-0.39, 0.29) is 24.3 Å². The Morgan fingerprint density at radius 3 is 2.42 bits per heavy atom. The Hall–Kier alpha value is -1.30. The van der Waals surface area contributed by atoms with E-state index in [0.717, 1.165) is 25.7 Å². The SMILES string of the molecule is O=C(O)C1CCCC1NC(=O)N1CC2CCC(C1)O2. The molecule has 0 spiro atoms. The molecule has 19 heavy (non-hydrogen) atoms. The molecule has 6 nitrogen and oxygen atoms in total. The van der Waals surface area contributed by atoms with Crippen molar-refractivity contribution >= 4 is 12.0 Å². The highest BCUT2D eigenvalue weighted by atomic mass is 16.5. The minimum atomic E-state index is -0.801. The second-order valence-corrected chi connectivity index (χ2v) is 5.79. The Morgan fingerprint density at radius 2 is 1.79 bits per heavy atom. The van der Waals surface area contributed by atoms with Gasteiger partial charge in [-0.25, -0.2) is 4.79 Å². The molecule has 6 heteroatoms. The smallest absolute Gasteiger partial charge is 0.317 e. The summed E-state index contributed by atoms with van der Waals surface area (Å²) in [6.45, 7) is 1.26. The van der Waals surface area contributed by atoms with Gasteiger partial charge < -0.3 is 20.1 Å². The Labute approximate surface area is 112 Å². The van der Waals surface area contributed by atoms with Gasteiger partial charge in [0.2, 0.25) is 0 Å². The van der Waals surface area contributed by atoms with E-state index in [2.05, 4.69) is 5.32 Å². The summed E-state index contributed by atoms with van der Waals surface area (Å²) in [5, 5.41) is 12.0. The van der Waals surface area contributed by atoms with Crippen LogP contribution >= 0.6 is 0 Å². The Kier molecular flexibility index (Phi) is 3.35. The van der Waals surface area contributed by atoms with Crippen molar-refractivity contribution in [1.29, 1.82) is 0 Å². The summed E-state index contributed by atoms with van der Waals surface area (Å²) in [7, 11) is 0. The monoisotopic (exact) mass is 268 g/mol. The molecule has 1 aliphatic carbocycles. The van der Waals surface area contributed by atoms with Gasteiger partial charge in [-0.05, 0) is 25.7 Å². The minimum Gasteiger partial charge on any atom is -0.481 e. The predicted octanol–water partition coefficient (Wildman–Crippen LogP) is 0.812. The summed E-state index contributed by atoms with van der Waals surface area (Å²) in [4.78, 5) is 25.1. The van der Waals surface area contributed by atoms with Gasteiger partial charge in [0.25, 0.3) is 0 Å². The van der Waals surface area contributed by atoms with Gasteiger partial charge in [0.1, 0.15) is 0 Å². The van der Waals surface area contributed by atoms with Crippen LogP contribution in [0.2, 0.25) is 0 Å². The van der Waals surface area contributed by atoms with E-state index >= 15 is 0 Å². The number of likely N-dealkylation sites (tertiary alicyclic amines) is 1. The van der Waals surface area contributed by atoms with Crippen molar-refractivity contribution in [3.8, 4) is 0 Å². The number of nitrogens with zero attached hydrogens (tertiary/aromatic N) is 1. The summed E-state index contributed by atoms with van der Waals surface area (Å²) < 4.78 is 5.69. The quantitative estimate of drug-likeness (QED) is 0.777. The van der Waals surface area contributed by atoms with Crippen LogP contribution in [0.3, 0.4) is 0 Å². The van der Waals surface area contributed by atoms with E-state index in [0.29, 0.717) is 19.5 Å². The normalized spacial score (nSPS) is 37.4. The fourth-order valence-electron chi connectivity index (χ4n) is 3.46. The molecule has 2 aliphatic heterocycles. The molecule has 2 heterocycles. The molecule has 4 unspecified atom stereocenters. The van der Waals surface area contributed by atoms with Crippen LogP contribution in [0.4, 0.5) is 4.79 Å². The van der Waals surface area contributed by atoms with Crippen molar-refractivity contribution < 1.29 is 19.4 Å². The number of hydrogen-bond donors (Lipinski definition) is 2. The van der Waals surface area contributed by atoms with Gasteiger partial charge in [-0.2, -0.15) is 0 Å². The van der Waals surface area contributed by atoms with Crippen LogP contribution in [0.1, 0.15) is 32.1 Å². The lowest BCUT2D eigenvalue weighted by Crippen LogP contribution is -2.53. The first-order chi connectivity index (χ1) is 9.13. The number of carboxylic acids is 1. The first kappa shape index (κ1) is 12.7. The van der Waals surface area contributed by atoms with Crippen molar-refractivity contribution in [3.05, 3.63) is 0 Å². The van der Waals surface area contributed by atoms with Crippen LogP contribution in [0, 0.1) is 5.92 Å². The first-order valence-electron chi connectivity index (χ1n) is 7.07. The largest absolute Gasteiger partial charge is 0.481 e. The third-order valence-corrected chi connectivity index (χ3v) is 4.47. The van der Waals surface area contributed by atoms with Crippen LogP contribution in [0.5, 0.6) is 0 Å². The van der Waals surface area contributed by atoms with E-state index in [1.807, 2.05) is 0 Å². The summed E-state index contributed by atoms with van der Waals surface area (Å²) in [5.41, 5.74) is 0. The zero-order valence-electron chi connectivity index (χ0n) is 10.9. The molecule has 2 bridgehead atoms. The standard InChI is InChI=1S/C13H20N2O4/c16-12(17)10-2-1-3-11(10)14-13(18)15-6-8-4-5-9(7-15)19-8/h8-11H,1-7H2,(H,14,18)(H,16,17). The summed E-state index contributed by atoms with van der Waals surface area (Å²) in [5.74, 6) is -1.23. The van der Waals surface area contributed by atoms with Crippen LogP contribution < -0.4 is 5.32 Å². The first-order valence-corrected chi connectivity index (χ1v) is 7.07. The number of rotatable bonds is 2. The lowest BCUT2D eigenvalue weighted by molar-refractivity contribution is -0.142. The molecule has 3 aliphatic rings. The van der Waals surface area contributed by atoms with E-state index in [1.54, 1.807) is 4.90 Å². The number of urea groups is 1. The number of amides is 2. The fourth-order valence-corrected chi connectivity index (χ4v) is 3.46. The zero-order valence-corrected chi connectivity index (χ0v) is 10.9. The third kappa shape index (κ3) is 2.54. The average Bonchev–Trinajstić information content (AvgIpc) is 2.96. The molecule has 0 aromatic rings. The molecule has 3 fully saturated rings. The van der Waals surface area contributed by atoms with Gasteiger partial charge in [0.15, 0.2) is 0 Å². The molecular weight excluding hydrogens is 248 g/mol. The number of carbonyl (C=O) groups excluding carboxylic acids is 1. The highest BCUT2D eigenvalue weighted by Gasteiger charge is 2.38. The van der Waals surface area contributed by atoms with E-state index in [1.165, 1.54) is 0 Å². The predicted molar refractivity (Wildman–Crippen MR) is 66.8 cm³/mol. The van der Waals surface area contributed by atoms with E-state index < -0.39 is 11.9 Å². The summed E-state index contributed by atoms with van der Waals surface area (Å²) >= 11 is 0. The van der Waals surface area contributed by atoms with Gasteiger partial charge in [0, 0.05) is 19.1 Å². The minimum absolute atomic E-state index is 0.127. The highest BCUT2D eigenvalue weighted by Crippen LogP contribution is 2.28. The molecule has 3 rings (SSSR count). The summed E-state index contributed by atoms with van der Waals surface area (Å²) in [6.07, 6.45) is 4.68. The number of hydrogen-bond acceptors (Lipinski definition) is 3. The van der Waals surface area contributed by atoms with Crippen molar-refractivity contribution in [2.45, 2.75) is 50.4 Å². The third-order valence-electron chi connectivity index (χ3n) is 4.47. The summed E-state index contributed by atoms with van der Waals surface area (Å²) in [6, 6.07) is -0.344. The molecule has 4 atom stereocenters. The lowest BCUT2D eigenvalue weighted by atomic mass is 10.0. The van der Waals surface area contributed by atoms with Gasteiger partial charge in [-0.3, -0.25) is 4.79 Å². The average molecular weight is 268 g/mol. The molecule has 0 aromatic carbocycles. The maximum absolute atomic E-state index is 12.2. The number of fused-ring (bicyclic) bond motifs is 2. The molecule has 2 amide bonds. The van der Waals surface area contributed by atoms with Gasteiger partial charge in [-0.15, -0.1) is 0 Å². The number of nitrogens with one attached hydrogen (secondary N) is 1. The zero-order chi connectivity index (χ0) is 13.4. The number of ether oxygens (including phenoxy) is 1. The maximum atomic E-state index is 12.2. The fraction of sp³-hybridized carbons (Fsp3) is 0.846. The van der Waals surface area contributed by atoms with Crippen LogP contribution in [0.15, 0.2) is 0 Å². The van der Waals surface area contributed by atoms with Crippen LogP contribution in [-0.4, -0.2) is 53.3 Å². The Morgan fingerprint density at radius 1 is 1.11 bits per heavy atom. The second kappa shape index (κ2) is 5.00. The molecule has 1 saturated carbocycles. The van der Waals surface area contributed by atoms with Crippen molar-refractivity contribution in [2.24, 2.45) is 5.92 Å². The van der Waals surface area contributed by atoms with E-state index in [9.17, 15) is 9.59 Å². The highest BCUT2D eigenvalue weighted by molar-refractivity contribution is 5.77. The van der Waals surface area contributed by atoms with Gasteiger partial charge in [0.05, 0.1) is 18.1 Å². The van der Waals surface area contributed by atoms with Gasteiger partial charge in [-0.1, -0.05) is 6.42 Å². The molecule has 0 aromatic heterocycles. The van der Waals surface area contributed by atoms with Crippen LogP contribution in [-0.2, 0) is 9.53 Å². The van der Waals surface area contributed by atoms with Crippen LogP contribution in [0.25, 0.3) is 0 Å². The number of carboxylic acid groups (broad SMARTS) is 1. The Bertz CT molecular complexity index is 375. The molecule has 0 radical (unpaired) electrons. The Balaban J connectivity index is 1.57. The topological polar surface area (TPSA) is 78.9 Å². The van der Waals surface area contributed by atoms with Crippen molar-refractivity contribution in [3.63, 3.8) is 0 Å². The maximum Gasteiger partial charge on any atom is 0.317 e. The second-order valence-electron chi connectivity index (χ2n) is 5.79. The molecule has 2 N–H and O–H groups in total. The number of carbonyl (C=O) groups is 2. The lowest BCUT2D eigenvalue weighted by Gasteiger charge is -2.33. The molecular formula is C13H20N2O4. The van der Waals surface area contributed by atoms with Gasteiger partial charge >= 0.3 is 12.0 Å².